The molecule has 0 bridgehead atoms. The Morgan fingerprint density at radius 3 is 3.00 bits per heavy atom. The van der Waals surface area contributed by atoms with Crippen LogP contribution < -0.4 is 5.32 Å². The number of hydrogen-bond acceptors (Lipinski definition) is 4. The first-order valence-corrected chi connectivity index (χ1v) is 9.67. The molecule has 5 heteroatoms. The molecule has 1 aromatic heterocycles. The molecule has 0 saturated carbocycles. The van der Waals surface area contributed by atoms with E-state index in [1.807, 2.05) is 47.6 Å². The highest BCUT2D eigenvalue weighted by atomic mass is 33.1. The number of carbonyl (C=O) groups excluding carboxylic acids is 1. The number of furan rings is 1. The molecule has 0 radical (unpaired) electrons. The van der Waals surface area contributed by atoms with Crippen LogP contribution in [-0.2, 0) is 4.79 Å². The Kier molecular flexibility index (Phi) is 6.36. The van der Waals surface area contributed by atoms with Crippen LogP contribution in [0.4, 0.5) is 0 Å². The molecule has 0 aromatic carbocycles. The Hall–Kier alpha value is -0.550. The summed E-state index contributed by atoms with van der Waals surface area (Å²) in [6.07, 6.45) is 5.33. The second kappa shape index (κ2) is 8.03. The maximum atomic E-state index is 11.9. The molecule has 2 atom stereocenters. The van der Waals surface area contributed by atoms with Gasteiger partial charge in [-0.25, -0.2) is 0 Å². The molecule has 0 aliphatic carbocycles. The van der Waals surface area contributed by atoms with E-state index in [9.17, 15) is 4.79 Å². The first-order chi connectivity index (χ1) is 9.65. The normalized spacial score (nSPS) is 20.0. The first kappa shape index (κ1) is 15.8. The number of carbonyl (C=O) groups is 1. The van der Waals surface area contributed by atoms with Crippen LogP contribution in [0.3, 0.4) is 0 Å². The molecule has 1 fully saturated rings. The van der Waals surface area contributed by atoms with Crippen molar-refractivity contribution >= 4 is 27.5 Å². The van der Waals surface area contributed by atoms with Gasteiger partial charge in [0.2, 0.25) is 5.91 Å². The fourth-order valence-corrected chi connectivity index (χ4v) is 5.32. The highest BCUT2D eigenvalue weighted by Crippen LogP contribution is 2.39. The zero-order chi connectivity index (χ0) is 14.4. The highest BCUT2D eigenvalue weighted by molar-refractivity contribution is 8.77. The summed E-state index contributed by atoms with van der Waals surface area (Å²) in [5, 5.41) is 3.81. The predicted octanol–water partition coefficient (Wildman–Crippen LogP) is 4.48. The van der Waals surface area contributed by atoms with Crippen LogP contribution in [0.1, 0.15) is 56.6 Å². The van der Waals surface area contributed by atoms with E-state index >= 15 is 0 Å². The van der Waals surface area contributed by atoms with Crippen molar-refractivity contribution in [3.8, 4) is 0 Å². The smallest absolute Gasteiger partial charge is 0.220 e. The van der Waals surface area contributed by atoms with Crippen LogP contribution in [0.15, 0.2) is 16.5 Å². The van der Waals surface area contributed by atoms with Gasteiger partial charge in [-0.05, 0) is 45.2 Å². The summed E-state index contributed by atoms with van der Waals surface area (Å²) < 4.78 is 5.52. The quantitative estimate of drug-likeness (QED) is 0.595. The Balaban J connectivity index is 1.60. The number of rotatable bonds is 7. The summed E-state index contributed by atoms with van der Waals surface area (Å²) in [7, 11) is 4.00. The third kappa shape index (κ3) is 5.09. The van der Waals surface area contributed by atoms with E-state index in [2.05, 4.69) is 5.32 Å². The van der Waals surface area contributed by atoms with Crippen LogP contribution in [0.2, 0.25) is 0 Å². The van der Waals surface area contributed by atoms with Gasteiger partial charge in [0.15, 0.2) is 0 Å². The highest BCUT2D eigenvalue weighted by Gasteiger charge is 2.16. The van der Waals surface area contributed by atoms with Crippen LogP contribution in [0.5, 0.6) is 0 Å². The molecule has 1 aliphatic rings. The fourth-order valence-electron chi connectivity index (χ4n) is 2.29. The Labute approximate surface area is 129 Å². The average Bonchev–Trinajstić information content (AvgIpc) is 3.06. The molecule has 20 heavy (non-hydrogen) atoms. The van der Waals surface area contributed by atoms with Gasteiger partial charge < -0.3 is 9.73 Å². The van der Waals surface area contributed by atoms with Crippen LogP contribution in [-0.4, -0.2) is 16.9 Å². The van der Waals surface area contributed by atoms with Gasteiger partial charge in [-0.1, -0.05) is 28.0 Å². The predicted molar refractivity (Wildman–Crippen MR) is 86.9 cm³/mol. The van der Waals surface area contributed by atoms with Crippen molar-refractivity contribution in [3.05, 3.63) is 23.7 Å². The summed E-state index contributed by atoms with van der Waals surface area (Å²) in [6.45, 7) is 3.87. The number of hydrogen-bond donors (Lipinski definition) is 1. The third-order valence-corrected chi connectivity index (χ3v) is 6.48. The minimum absolute atomic E-state index is 0.0435. The summed E-state index contributed by atoms with van der Waals surface area (Å²) in [6, 6.07) is 3.81. The number of aryl methyl sites for hydroxylation is 1. The van der Waals surface area contributed by atoms with Crippen molar-refractivity contribution in [2.24, 2.45) is 0 Å². The minimum atomic E-state index is -0.0435. The van der Waals surface area contributed by atoms with Crippen molar-refractivity contribution in [1.82, 2.24) is 5.32 Å². The van der Waals surface area contributed by atoms with Gasteiger partial charge in [-0.2, -0.15) is 0 Å². The van der Waals surface area contributed by atoms with E-state index in [0.29, 0.717) is 6.42 Å². The van der Waals surface area contributed by atoms with Gasteiger partial charge in [0, 0.05) is 17.4 Å². The Bertz CT molecular complexity index is 427. The van der Waals surface area contributed by atoms with Gasteiger partial charge in [-0.15, -0.1) is 0 Å². The zero-order valence-electron chi connectivity index (χ0n) is 12.2. The van der Waals surface area contributed by atoms with Crippen LogP contribution in [0.25, 0.3) is 0 Å². The van der Waals surface area contributed by atoms with Crippen molar-refractivity contribution in [1.29, 1.82) is 0 Å². The maximum absolute atomic E-state index is 11.9. The maximum Gasteiger partial charge on any atom is 0.220 e. The molecule has 2 rings (SSSR count). The van der Waals surface area contributed by atoms with E-state index in [-0.39, 0.29) is 11.9 Å². The van der Waals surface area contributed by atoms with Crippen molar-refractivity contribution in [2.75, 3.05) is 5.75 Å². The molecule has 1 saturated heterocycles. The van der Waals surface area contributed by atoms with E-state index in [1.165, 1.54) is 18.6 Å². The van der Waals surface area contributed by atoms with Gasteiger partial charge in [-0.3, -0.25) is 4.79 Å². The third-order valence-electron chi connectivity index (χ3n) is 3.47. The van der Waals surface area contributed by atoms with Crippen LogP contribution in [0, 0.1) is 6.92 Å². The van der Waals surface area contributed by atoms with Gasteiger partial charge >= 0.3 is 0 Å². The summed E-state index contributed by atoms with van der Waals surface area (Å²) in [4.78, 5) is 11.9. The minimum Gasteiger partial charge on any atom is -0.464 e. The monoisotopic (exact) mass is 313 g/mol. The van der Waals surface area contributed by atoms with E-state index in [4.69, 9.17) is 4.42 Å². The lowest BCUT2D eigenvalue weighted by atomic mass is 10.1. The topological polar surface area (TPSA) is 42.2 Å². The van der Waals surface area contributed by atoms with Gasteiger partial charge in [0.05, 0.1) is 6.04 Å². The molecular weight excluding hydrogens is 290 g/mol. The van der Waals surface area contributed by atoms with Crippen molar-refractivity contribution < 1.29 is 9.21 Å². The standard InChI is InChI=1S/C15H23NO2S2/c1-11-7-8-14(18-11)12(2)16-15(17)6-4-3-5-13-9-10-19-20-13/h7-8,12-13H,3-6,9-10H2,1-2H3,(H,16,17). The molecule has 1 amide bonds. The number of amides is 1. The molecule has 1 aromatic rings. The summed E-state index contributed by atoms with van der Waals surface area (Å²) >= 11 is 0. The first-order valence-electron chi connectivity index (χ1n) is 7.29. The average molecular weight is 313 g/mol. The van der Waals surface area contributed by atoms with E-state index < -0.39 is 0 Å². The van der Waals surface area contributed by atoms with Crippen molar-refractivity contribution in [3.63, 3.8) is 0 Å². The summed E-state index contributed by atoms with van der Waals surface area (Å²) in [5.41, 5.74) is 0. The van der Waals surface area contributed by atoms with Gasteiger partial charge in [0.25, 0.3) is 0 Å². The zero-order valence-corrected chi connectivity index (χ0v) is 13.8. The molecule has 3 nitrogen and oxygen atoms in total. The fraction of sp³-hybridized carbons (Fsp3) is 0.667. The lowest BCUT2D eigenvalue weighted by Crippen LogP contribution is -2.26. The van der Waals surface area contributed by atoms with Crippen LogP contribution >= 0.6 is 21.6 Å². The molecule has 2 heterocycles. The Morgan fingerprint density at radius 1 is 1.50 bits per heavy atom. The molecule has 1 N–H and O–H groups in total. The lowest BCUT2D eigenvalue weighted by Gasteiger charge is -2.12. The largest absolute Gasteiger partial charge is 0.464 e. The summed E-state index contributed by atoms with van der Waals surface area (Å²) in [5.74, 6) is 3.12. The van der Waals surface area contributed by atoms with Gasteiger partial charge in [0.1, 0.15) is 11.5 Å². The molecule has 1 aliphatic heterocycles. The Morgan fingerprint density at radius 2 is 2.35 bits per heavy atom. The van der Waals surface area contributed by atoms with E-state index in [1.54, 1.807) is 0 Å². The lowest BCUT2D eigenvalue weighted by molar-refractivity contribution is -0.122. The van der Waals surface area contributed by atoms with Crippen molar-refractivity contribution in [2.45, 2.75) is 57.2 Å². The number of unbranched alkanes of at least 4 members (excludes halogenated alkanes) is 1. The second-order valence-electron chi connectivity index (χ2n) is 5.31. The molecule has 2 unspecified atom stereocenters. The SMILES string of the molecule is Cc1ccc(C(C)NC(=O)CCCCC2CCSS2)o1. The molecular formula is C15H23NO2S2. The number of nitrogens with one attached hydrogen (secondary N) is 1. The molecule has 0 spiro atoms. The molecule has 112 valence electrons. The second-order valence-corrected chi connectivity index (χ2v) is 8.10. The van der Waals surface area contributed by atoms with E-state index in [0.717, 1.165) is 29.6 Å².